The zero-order chi connectivity index (χ0) is 19.2. The fraction of sp³-hybridized carbons (Fsp3) is 0.304. The van der Waals surface area contributed by atoms with E-state index >= 15 is 0 Å². The van der Waals surface area contributed by atoms with Crippen LogP contribution >= 0.6 is 12.4 Å². The van der Waals surface area contributed by atoms with Gasteiger partial charge in [-0.05, 0) is 18.4 Å². The number of nitrogens with zero attached hydrogens (tertiary/aromatic N) is 2. The quantitative estimate of drug-likeness (QED) is 0.500. The first-order chi connectivity index (χ1) is 13.8. The molecule has 4 N–H and O–H groups in total. The molecular formula is C23H28ClN5. The molecule has 1 heterocycles. The van der Waals surface area contributed by atoms with Gasteiger partial charge in [0.25, 0.3) is 0 Å². The minimum Gasteiger partial charge on any atom is -0.393 e. The Bertz CT molecular complexity index is 896. The third-order valence-corrected chi connectivity index (χ3v) is 5.23. The van der Waals surface area contributed by atoms with Crippen LogP contribution in [0.4, 0.5) is 17.3 Å². The number of hydrogen-bond donors (Lipinski definition) is 3. The number of anilines is 3. The lowest BCUT2D eigenvalue weighted by molar-refractivity contribution is 0.462. The Labute approximate surface area is 178 Å². The molecule has 1 aliphatic rings. The van der Waals surface area contributed by atoms with E-state index in [0.717, 1.165) is 24.2 Å². The maximum atomic E-state index is 6.46. The predicted octanol–water partition coefficient (Wildman–Crippen LogP) is 5.50. The molecule has 6 heteroatoms. The summed E-state index contributed by atoms with van der Waals surface area (Å²) in [6, 6.07) is 20.7. The molecule has 29 heavy (non-hydrogen) atoms. The molecule has 152 valence electrons. The van der Waals surface area contributed by atoms with Gasteiger partial charge in [0.15, 0.2) is 17.5 Å². The van der Waals surface area contributed by atoms with Crippen LogP contribution in [0.1, 0.15) is 37.7 Å². The molecule has 1 aromatic heterocycles. The van der Waals surface area contributed by atoms with Crippen LogP contribution in [0.3, 0.4) is 0 Å². The second-order valence-electron chi connectivity index (χ2n) is 7.34. The summed E-state index contributed by atoms with van der Waals surface area (Å²) in [5, 5.41) is 6.98. The zero-order valence-corrected chi connectivity index (χ0v) is 17.3. The molecule has 0 bridgehead atoms. The van der Waals surface area contributed by atoms with E-state index in [1.54, 1.807) is 0 Å². The van der Waals surface area contributed by atoms with Gasteiger partial charge in [0.05, 0.1) is 0 Å². The molecule has 4 rings (SSSR count). The van der Waals surface area contributed by atoms with Crippen LogP contribution in [0.25, 0.3) is 11.4 Å². The standard InChI is InChI=1S/C23H27N5.ClH/c24-20-22(25-16-17-10-4-1-5-11-17)27-21(18-12-6-2-7-13-18)28-23(20)26-19-14-8-3-9-15-19;/h1-2,4-7,10-13,19H,3,8-9,14-16,24H2,(H2,25,26,27,28);1H. The first kappa shape index (κ1) is 20.9. The van der Waals surface area contributed by atoms with Crippen molar-refractivity contribution in [3.8, 4) is 11.4 Å². The maximum Gasteiger partial charge on any atom is 0.164 e. The van der Waals surface area contributed by atoms with Crippen molar-refractivity contribution in [2.45, 2.75) is 44.7 Å². The summed E-state index contributed by atoms with van der Waals surface area (Å²) in [6.07, 6.45) is 6.16. The first-order valence-corrected chi connectivity index (χ1v) is 10.1. The van der Waals surface area contributed by atoms with Crippen LogP contribution in [-0.4, -0.2) is 16.0 Å². The van der Waals surface area contributed by atoms with Crippen LogP contribution < -0.4 is 16.4 Å². The molecule has 0 saturated heterocycles. The van der Waals surface area contributed by atoms with Crippen molar-refractivity contribution < 1.29 is 0 Å². The Morgan fingerprint density at radius 3 is 2.14 bits per heavy atom. The molecule has 0 aliphatic heterocycles. The van der Waals surface area contributed by atoms with Gasteiger partial charge >= 0.3 is 0 Å². The van der Waals surface area contributed by atoms with Gasteiger partial charge in [0.2, 0.25) is 0 Å². The van der Waals surface area contributed by atoms with E-state index in [9.17, 15) is 0 Å². The number of hydrogen-bond acceptors (Lipinski definition) is 5. The summed E-state index contributed by atoms with van der Waals surface area (Å²) in [5.74, 6) is 2.09. The third kappa shape index (κ3) is 5.39. The average Bonchev–Trinajstić information content (AvgIpc) is 2.76. The molecule has 0 atom stereocenters. The van der Waals surface area contributed by atoms with Gasteiger partial charge in [-0.2, -0.15) is 0 Å². The van der Waals surface area contributed by atoms with Crippen molar-refractivity contribution in [1.82, 2.24) is 9.97 Å². The number of nitrogen functional groups attached to an aromatic ring is 1. The first-order valence-electron chi connectivity index (χ1n) is 10.1. The lowest BCUT2D eigenvalue weighted by Crippen LogP contribution is -2.24. The van der Waals surface area contributed by atoms with Crippen molar-refractivity contribution in [3.63, 3.8) is 0 Å². The Morgan fingerprint density at radius 2 is 1.45 bits per heavy atom. The lowest BCUT2D eigenvalue weighted by Gasteiger charge is -2.24. The highest BCUT2D eigenvalue weighted by Crippen LogP contribution is 2.30. The van der Waals surface area contributed by atoms with Gasteiger partial charge in [0.1, 0.15) is 5.69 Å². The molecule has 1 aliphatic carbocycles. The Balaban J connectivity index is 0.00000240. The van der Waals surface area contributed by atoms with Gasteiger partial charge in [-0.25, -0.2) is 9.97 Å². The van der Waals surface area contributed by atoms with E-state index in [1.165, 1.54) is 24.8 Å². The van der Waals surface area contributed by atoms with Gasteiger partial charge in [-0.1, -0.05) is 79.9 Å². The van der Waals surface area contributed by atoms with E-state index in [1.807, 2.05) is 48.5 Å². The minimum absolute atomic E-state index is 0. The number of benzene rings is 2. The molecule has 3 aromatic rings. The summed E-state index contributed by atoms with van der Waals surface area (Å²) in [5.41, 5.74) is 9.21. The molecule has 1 fully saturated rings. The topological polar surface area (TPSA) is 75.9 Å². The SMILES string of the molecule is Cl.Nc1c(NCc2ccccc2)nc(-c2ccccc2)nc1NC1CCCCC1. The van der Waals surface area contributed by atoms with E-state index in [2.05, 4.69) is 22.8 Å². The number of nitrogens with two attached hydrogens (primary N) is 1. The van der Waals surface area contributed by atoms with Crippen LogP contribution in [0.5, 0.6) is 0 Å². The van der Waals surface area contributed by atoms with Crippen LogP contribution in [0, 0.1) is 0 Å². The number of rotatable bonds is 6. The number of nitrogens with one attached hydrogen (secondary N) is 2. The molecule has 0 unspecified atom stereocenters. The third-order valence-electron chi connectivity index (χ3n) is 5.23. The Morgan fingerprint density at radius 1 is 0.828 bits per heavy atom. The molecule has 0 spiro atoms. The van der Waals surface area contributed by atoms with Crippen LogP contribution in [0.2, 0.25) is 0 Å². The fourth-order valence-electron chi connectivity index (χ4n) is 3.65. The van der Waals surface area contributed by atoms with Crippen LogP contribution in [0.15, 0.2) is 60.7 Å². The van der Waals surface area contributed by atoms with E-state index in [0.29, 0.717) is 29.9 Å². The van der Waals surface area contributed by atoms with Crippen molar-refractivity contribution in [1.29, 1.82) is 0 Å². The van der Waals surface area contributed by atoms with Crippen molar-refractivity contribution in [2.75, 3.05) is 16.4 Å². The summed E-state index contributed by atoms with van der Waals surface area (Å²) in [6.45, 7) is 0.666. The van der Waals surface area contributed by atoms with Gasteiger partial charge < -0.3 is 16.4 Å². The van der Waals surface area contributed by atoms with Crippen molar-refractivity contribution in [3.05, 3.63) is 66.2 Å². The largest absolute Gasteiger partial charge is 0.393 e. The van der Waals surface area contributed by atoms with E-state index < -0.39 is 0 Å². The minimum atomic E-state index is 0. The Kier molecular flexibility index (Phi) is 7.30. The molecule has 2 aromatic carbocycles. The van der Waals surface area contributed by atoms with E-state index in [-0.39, 0.29) is 12.4 Å². The van der Waals surface area contributed by atoms with Crippen molar-refractivity contribution >= 4 is 29.7 Å². The molecule has 1 saturated carbocycles. The zero-order valence-electron chi connectivity index (χ0n) is 16.5. The summed E-state index contributed by atoms with van der Waals surface area (Å²) < 4.78 is 0. The summed E-state index contributed by atoms with van der Waals surface area (Å²) in [7, 11) is 0. The number of halogens is 1. The maximum absolute atomic E-state index is 6.46. The fourth-order valence-corrected chi connectivity index (χ4v) is 3.65. The van der Waals surface area contributed by atoms with Gasteiger partial charge in [-0.3, -0.25) is 0 Å². The second-order valence-corrected chi connectivity index (χ2v) is 7.34. The number of aromatic nitrogens is 2. The van der Waals surface area contributed by atoms with Gasteiger partial charge in [0, 0.05) is 18.2 Å². The normalized spacial score (nSPS) is 14.1. The average molecular weight is 410 g/mol. The van der Waals surface area contributed by atoms with Gasteiger partial charge in [-0.15, -0.1) is 12.4 Å². The second kappa shape index (κ2) is 10.1. The monoisotopic (exact) mass is 409 g/mol. The van der Waals surface area contributed by atoms with E-state index in [4.69, 9.17) is 15.7 Å². The Hall–Kier alpha value is -2.79. The summed E-state index contributed by atoms with van der Waals surface area (Å²) in [4.78, 5) is 9.49. The highest BCUT2D eigenvalue weighted by atomic mass is 35.5. The molecule has 0 amide bonds. The predicted molar refractivity (Wildman–Crippen MR) is 123 cm³/mol. The smallest absolute Gasteiger partial charge is 0.164 e. The highest BCUT2D eigenvalue weighted by molar-refractivity contribution is 5.85. The molecular weight excluding hydrogens is 382 g/mol. The highest BCUT2D eigenvalue weighted by Gasteiger charge is 2.18. The molecule has 0 radical (unpaired) electrons. The lowest BCUT2D eigenvalue weighted by atomic mass is 9.95. The molecule has 5 nitrogen and oxygen atoms in total. The van der Waals surface area contributed by atoms with Crippen LogP contribution in [-0.2, 0) is 6.54 Å². The van der Waals surface area contributed by atoms with Crippen molar-refractivity contribution in [2.24, 2.45) is 0 Å². The summed E-state index contributed by atoms with van der Waals surface area (Å²) >= 11 is 0.